The smallest absolute Gasteiger partial charge is 0.224 e. The van der Waals surface area contributed by atoms with Gasteiger partial charge in [-0.1, -0.05) is 26.0 Å². The number of ether oxygens (including phenoxy) is 1. The van der Waals surface area contributed by atoms with Crippen LogP contribution in [0.4, 0.5) is 5.69 Å². The van der Waals surface area contributed by atoms with Crippen molar-refractivity contribution >= 4 is 11.6 Å². The Morgan fingerprint density at radius 3 is 2.62 bits per heavy atom. The van der Waals surface area contributed by atoms with Gasteiger partial charge in [-0.2, -0.15) is 0 Å². The van der Waals surface area contributed by atoms with Crippen molar-refractivity contribution < 1.29 is 9.53 Å². The molecule has 16 heavy (non-hydrogen) atoms. The highest BCUT2D eigenvalue weighted by Crippen LogP contribution is 2.29. The minimum absolute atomic E-state index is 0.00852. The van der Waals surface area contributed by atoms with Crippen molar-refractivity contribution in [1.29, 1.82) is 0 Å². The largest absolute Gasteiger partial charge is 0.491 e. The number of amides is 1. The summed E-state index contributed by atoms with van der Waals surface area (Å²) in [6.07, 6.45) is 1.37. The van der Waals surface area contributed by atoms with E-state index in [1.54, 1.807) is 0 Å². The standard InChI is InChI=1S/C13H19NO2/c1-4-10-8-7-9-11(13(10)16-6-3)14-12(15)5-2/h7-9H,4-6H2,1-3H3,(H,14,15). The third kappa shape index (κ3) is 2.99. The molecule has 1 aromatic rings. The van der Waals surface area contributed by atoms with Crippen LogP contribution in [0.1, 0.15) is 32.8 Å². The number of carbonyl (C=O) groups excluding carboxylic acids is 1. The highest BCUT2D eigenvalue weighted by molar-refractivity contribution is 5.92. The molecule has 1 rings (SSSR count). The maximum atomic E-state index is 11.4. The van der Waals surface area contributed by atoms with E-state index in [0.29, 0.717) is 13.0 Å². The first-order chi connectivity index (χ1) is 7.72. The summed E-state index contributed by atoms with van der Waals surface area (Å²) >= 11 is 0. The van der Waals surface area contributed by atoms with Gasteiger partial charge in [0.1, 0.15) is 5.75 Å². The Labute approximate surface area is 96.8 Å². The molecule has 0 atom stereocenters. The molecule has 0 aliphatic rings. The van der Waals surface area contributed by atoms with Crippen LogP contribution in [-0.4, -0.2) is 12.5 Å². The van der Waals surface area contributed by atoms with Crippen molar-refractivity contribution in [1.82, 2.24) is 0 Å². The van der Waals surface area contributed by atoms with Crippen LogP contribution in [0.25, 0.3) is 0 Å². The molecule has 0 saturated carbocycles. The number of aryl methyl sites for hydroxylation is 1. The first-order valence-corrected chi connectivity index (χ1v) is 5.77. The highest BCUT2D eigenvalue weighted by atomic mass is 16.5. The molecule has 1 aromatic carbocycles. The number of benzene rings is 1. The maximum absolute atomic E-state index is 11.4. The molecule has 0 fully saturated rings. The molecular formula is C13H19NO2. The second-order valence-electron chi connectivity index (χ2n) is 3.48. The Bertz CT molecular complexity index is 361. The van der Waals surface area contributed by atoms with E-state index in [0.717, 1.165) is 23.4 Å². The molecular weight excluding hydrogens is 202 g/mol. The fraction of sp³-hybridized carbons (Fsp3) is 0.462. The lowest BCUT2D eigenvalue weighted by molar-refractivity contribution is -0.115. The van der Waals surface area contributed by atoms with Gasteiger partial charge in [0.25, 0.3) is 0 Å². The molecule has 3 heteroatoms. The minimum Gasteiger partial charge on any atom is -0.491 e. The summed E-state index contributed by atoms with van der Waals surface area (Å²) in [6.45, 7) is 6.45. The number of hydrogen-bond donors (Lipinski definition) is 1. The van der Waals surface area contributed by atoms with Gasteiger partial charge in [0, 0.05) is 6.42 Å². The Kier molecular flexibility index (Phi) is 4.83. The van der Waals surface area contributed by atoms with Crippen LogP contribution in [-0.2, 0) is 11.2 Å². The second kappa shape index (κ2) is 6.16. The van der Waals surface area contributed by atoms with E-state index in [4.69, 9.17) is 4.74 Å². The van der Waals surface area contributed by atoms with Gasteiger partial charge in [0.15, 0.2) is 0 Å². The molecule has 1 N–H and O–H groups in total. The van der Waals surface area contributed by atoms with E-state index >= 15 is 0 Å². The molecule has 0 radical (unpaired) electrons. The van der Waals surface area contributed by atoms with Crippen molar-refractivity contribution in [2.75, 3.05) is 11.9 Å². The Balaban J connectivity index is 3.01. The first-order valence-electron chi connectivity index (χ1n) is 5.77. The number of nitrogens with one attached hydrogen (secondary N) is 1. The number of para-hydroxylation sites is 1. The van der Waals surface area contributed by atoms with Crippen LogP contribution in [0.5, 0.6) is 5.75 Å². The van der Waals surface area contributed by atoms with Gasteiger partial charge in [0.05, 0.1) is 12.3 Å². The lowest BCUT2D eigenvalue weighted by Gasteiger charge is -2.14. The normalized spacial score (nSPS) is 9.94. The summed E-state index contributed by atoms with van der Waals surface area (Å²) in [5, 5.41) is 2.86. The highest BCUT2D eigenvalue weighted by Gasteiger charge is 2.09. The van der Waals surface area contributed by atoms with E-state index < -0.39 is 0 Å². The lowest BCUT2D eigenvalue weighted by Crippen LogP contribution is -2.11. The predicted molar refractivity (Wildman–Crippen MR) is 65.9 cm³/mol. The fourth-order valence-electron chi connectivity index (χ4n) is 1.52. The van der Waals surface area contributed by atoms with Gasteiger partial charge in [-0.05, 0) is 25.0 Å². The summed E-state index contributed by atoms with van der Waals surface area (Å²) in [7, 11) is 0. The van der Waals surface area contributed by atoms with Crippen LogP contribution in [0.15, 0.2) is 18.2 Å². The summed E-state index contributed by atoms with van der Waals surface area (Å²) in [5.41, 5.74) is 1.89. The summed E-state index contributed by atoms with van der Waals surface area (Å²) in [4.78, 5) is 11.4. The van der Waals surface area contributed by atoms with Crippen LogP contribution >= 0.6 is 0 Å². The van der Waals surface area contributed by atoms with E-state index in [2.05, 4.69) is 12.2 Å². The number of anilines is 1. The molecule has 0 aliphatic carbocycles. The Hall–Kier alpha value is -1.51. The third-order valence-corrected chi connectivity index (χ3v) is 2.36. The van der Waals surface area contributed by atoms with Crippen LogP contribution < -0.4 is 10.1 Å². The maximum Gasteiger partial charge on any atom is 0.224 e. The van der Waals surface area contributed by atoms with Gasteiger partial charge in [0.2, 0.25) is 5.91 Å². The average molecular weight is 221 g/mol. The Morgan fingerprint density at radius 1 is 1.31 bits per heavy atom. The summed E-state index contributed by atoms with van der Waals surface area (Å²) in [5.74, 6) is 0.809. The van der Waals surface area contributed by atoms with Gasteiger partial charge in [-0.25, -0.2) is 0 Å². The monoisotopic (exact) mass is 221 g/mol. The third-order valence-electron chi connectivity index (χ3n) is 2.36. The fourth-order valence-corrected chi connectivity index (χ4v) is 1.52. The molecule has 0 spiro atoms. The van der Waals surface area contributed by atoms with Gasteiger partial charge in [-0.3, -0.25) is 4.79 Å². The zero-order valence-electron chi connectivity index (χ0n) is 10.2. The summed E-state index contributed by atoms with van der Waals surface area (Å²) in [6, 6.07) is 5.83. The predicted octanol–water partition coefficient (Wildman–Crippen LogP) is 3.00. The minimum atomic E-state index is 0.00852. The zero-order valence-corrected chi connectivity index (χ0v) is 10.2. The molecule has 3 nitrogen and oxygen atoms in total. The molecule has 1 amide bonds. The summed E-state index contributed by atoms with van der Waals surface area (Å²) < 4.78 is 5.59. The van der Waals surface area contributed by atoms with Crippen LogP contribution in [0, 0.1) is 0 Å². The van der Waals surface area contributed by atoms with E-state index in [9.17, 15) is 4.79 Å². The van der Waals surface area contributed by atoms with E-state index in [-0.39, 0.29) is 5.91 Å². The zero-order chi connectivity index (χ0) is 12.0. The molecule has 0 aliphatic heterocycles. The second-order valence-corrected chi connectivity index (χ2v) is 3.48. The molecule has 0 unspecified atom stereocenters. The number of carbonyl (C=O) groups is 1. The van der Waals surface area contributed by atoms with E-state index in [1.165, 1.54) is 0 Å². The average Bonchev–Trinajstić information content (AvgIpc) is 2.31. The first kappa shape index (κ1) is 12.6. The van der Waals surface area contributed by atoms with Crippen molar-refractivity contribution in [2.24, 2.45) is 0 Å². The van der Waals surface area contributed by atoms with Crippen molar-refractivity contribution in [3.63, 3.8) is 0 Å². The van der Waals surface area contributed by atoms with Crippen LogP contribution in [0.2, 0.25) is 0 Å². The molecule has 0 aromatic heterocycles. The van der Waals surface area contributed by atoms with Crippen molar-refractivity contribution in [2.45, 2.75) is 33.6 Å². The van der Waals surface area contributed by atoms with E-state index in [1.807, 2.05) is 32.0 Å². The molecule has 88 valence electrons. The van der Waals surface area contributed by atoms with Gasteiger partial charge in [-0.15, -0.1) is 0 Å². The van der Waals surface area contributed by atoms with Crippen molar-refractivity contribution in [3.8, 4) is 5.75 Å². The molecule has 0 heterocycles. The lowest BCUT2D eigenvalue weighted by atomic mass is 10.1. The Morgan fingerprint density at radius 2 is 2.06 bits per heavy atom. The SMILES string of the molecule is CCOc1c(CC)cccc1NC(=O)CC. The van der Waals surface area contributed by atoms with Crippen LogP contribution in [0.3, 0.4) is 0 Å². The topological polar surface area (TPSA) is 38.3 Å². The quantitative estimate of drug-likeness (QED) is 0.830. The molecule has 0 saturated heterocycles. The molecule has 0 bridgehead atoms. The number of rotatable bonds is 5. The van der Waals surface area contributed by atoms with Gasteiger partial charge >= 0.3 is 0 Å². The number of hydrogen-bond acceptors (Lipinski definition) is 2. The van der Waals surface area contributed by atoms with Gasteiger partial charge < -0.3 is 10.1 Å². The van der Waals surface area contributed by atoms with Crippen molar-refractivity contribution in [3.05, 3.63) is 23.8 Å².